The molecule has 2 rings (SSSR count). The lowest BCUT2D eigenvalue weighted by atomic mass is 10.1. The molecule has 1 saturated carbocycles. The van der Waals surface area contributed by atoms with Crippen LogP contribution in [-0.2, 0) is 0 Å². The molecular weight excluding hydrogens is 208 g/mol. The average Bonchev–Trinajstić information content (AvgIpc) is 2.87. The van der Waals surface area contributed by atoms with Gasteiger partial charge < -0.3 is 5.11 Å². The first-order chi connectivity index (χ1) is 6.20. The number of ketones is 1. The van der Waals surface area contributed by atoms with Crippen LogP contribution in [0, 0.1) is 5.92 Å². The summed E-state index contributed by atoms with van der Waals surface area (Å²) in [5.41, 5.74) is 0.464. The van der Waals surface area contributed by atoms with Crippen molar-refractivity contribution in [2.45, 2.75) is 18.9 Å². The summed E-state index contributed by atoms with van der Waals surface area (Å²) < 4.78 is 0.477. The van der Waals surface area contributed by atoms with Crippen molar-refractivity contribution in [2.75, 3.05) is 0 Å². The third-order valence-electron chi connectivity index (χ3n) is 2.22. The Kier molecular flexibility index (Phi) is 2.41. The summed E-state index contributed by atoms with van der Waals surface area (Å²) in [4.78, 5) is 11.6. The van der Waals surface area contributed by atoms with Gasteiger partial charge in [0.2, 0.25) is 0 Å². The average molecular weight is 217 g/mol. The third kappa shape index (κ3) is 1.77. The summed E-state index contributed by atoms with van der Waals surface area (Å²) in [7, 11) is 0. The molecule has 1 heterocycles. The number of thiophene rings is 1. The quantitative estimate of drug-likeness (QED) is 0.788. The Morgan fingerprint density at radius 1 is 1.69 bits per heavy atom. The van der Waals surface area contributed by atoms with Gasteiger partial charge in [0, 0.05) is 5.56 Å². The first kappa shape index (κ1) is 9.19. The van der Waals surface area contributed by atoms with Crippen molar-refractivity contribution < 1.29 is 9.90 Å². The predicted octanol–water partition coefficient (Wildman–Crippen LogP) is 2.36. The van der Waals surface area contributed by atoms with Gasteiger partial charge in [-0.15, -0.1) is 11.3 Å². The number of Topliss-reactive ketones (excluding diaryl/α,β-unsaturated/α-hetero) is 1. The first-order valence-electron chi connectivity index (χ1n) is 4.15. The molecule has 0 bridgehead atoms. The molecule has 1 N–H and O–H groups in total. The largest absolute Gasteiger partial charge is 0.385 e. The molecule has 1 aromatic rings. The van der Waals surface area contributed by atoms with Gasteiger partial charge in [-0.05, 0) is 30.2 Å². The monoisotopic (exact) mass is 216 g/mol. The van der Waals surface area contributed by atoms with Crippen molar-refractivity contribution in [2.24, 2.45) is 5.92 Å². The van der Waals surface area contributed by atoms with Crippen molar-refractivity contribution in [3.05, 3.63) is 21.3 Å². The van der Waals surface area contributed by atoms with Gasteiger partial charge in [-0.3, -0.25) is 4.79 Å². The summed E-state index contributed by atoms with van der Waals surface area (Å²) in [5, 5.41) is 11.3. The molecule has 0 amide bonds. The smallest absolute Gasteiger partial charge is 0.193 e. The SMILES string of the molecule is O=C(c1ccsc1Cl)C(O)C1CC1. The van der Waals surface area contributed by atoms with Crippen LogP contribution in [0.2, 0.25) is 4.34 Å². The Morgan fingerprint density at radius 3 is 2.85 bits per heavy atom. The molecule has 1 unspecified atom stereocenters. The zero-order chi connectivity index (χ0) is 9.42. The van der Waals surface area contributed by atoms with Crippen LogP contribution >= 0.6 is 22.9 Å². The second-order valence-electron chi connectivity index (χ2n) is 3.25. The Balaban J connectivity index is 2.16. The molecule has 2 nitrogen and oxygen atoms in total. The Morgan fingerprint density at radius 2 is 2.38 bits per heavy atom. The van der Waals surface area contributed by atoms with Crippen molar-refractivity contribution >= 4 is 28.7 Å². The van der Waals surface area contributed by atoms with Crippen LogP contribution in [-0.4, -0.2) is 17.0 Å². The minimum absolute atomic E-state index is 0.170. The van der Waals surface area contributed by atoms with Crippen molar-refractivity contribution in [1.29, 1.82) is 0 Å². The lowest BCUT2D eigenvalue weighted by molar-refractivity contribution is 0.0704. The van der Waals surface area contributed by atoms with E-state index in [2.05, 4.69) is 0 Å². The number of rotatable bonds is 3. The number of halogens is 1. The van der Waals surface area contributed by atoms with Crippen LogP contribution in [0.1, 0.15) is 23.2 Å². The fourth-order valence-electron chi connectivity index (χ4n) is 1.26. The number of carbonyl (C=O) groups excluding carboxylic acids is 1. The number of aliphatic hydroxyl groups excluding tert-OH is 1. The van der Waals surface area contributed by atoms with E-state index in [-0.39, 0.29) is 11.7 Å². The molecule has 4 heteroatoms. The number of carbonyl (C=O) groups is 1. The third-order valence-corrected chi connectivity index (χ3v) is 3.39. The van der Waals surface area contributed by atoms with Gasteiger partial charge in [0.15, 0.2) is 5.78 Å². The van der Waals surface area contributed by atoms with Gasteiger partial charge in [-0.25, -0.2) is 0 Å². The van der Waals surface area contributed by atoms with E-state index in [1.165, 1.54) is 11.3 Å². The van der Waals surface area contributed by atoms with Gasteiger partial charge in [-0.1, -0.05) is 11.6 Å². The fraction of sp³-hybridized carbons (Fsp3) is 0.444. The zero-order valence-electron chi connectivity index (χ0n) is 6.87. The van der Waals surface area contributed by atoms with E-state index in [0.717, 1.165) is 12.8 Å². The highest BCUT2D eigenvalue weighted by atomic mass is 35.5. The van der Waals surface area contributed by atoms with Crippen LogP contribution in [0.4, 0.5) is 0 Å². The van der Waals surface area contributed by atoms with E-state index >= 15 is 0 Å². The molecule has 1 atom stereocenters. The molecule has 13 heavy (non-hydrogen) atoms. The molecule has 0 aliphatic heterocycles. The Bertz CT molecular complexity index is 330. The van der Waals surface area contributed by atoms with E-state index in [1.54, 1.807) is 11.4 Å². The fourth-order valence-corrected chi connectivity index (χ4v) is 2.18. The van der Waals surface area contributed by atoms with E-state index in [4.69, 9.17) is 11.6 Å². The van der Waals surface area contributed by atoms with Gasteiger partial charge in [0.25, 0.3) is 0 Å². The lowest BCUT2D eigenvalue weighted by Gasteiger charge is -2.05. The van der Waals surface area contributed by atoms with Gasteiger partial charge >= 0.3 is 0 Å². The Labute approximate surface area is 85.1 Å². The molecule has 1 aliphatic carbocycles. The van der Waals surface area contributed by atoms with Crippen LogP contribution in [0.15, 0.2) is 11.4 Å². The van der Waals surface area contributed by atoms with E-state index in [9.17, 15) is 9.90 Å². The molecular formula is C9H9ClO2S. The Hall–Kier alpha value is -0.380. The highest BCUT2D eigenvalue weighted by molar-refractivity contribution is 7.14. The normalized spacial score (nSPS) is 18.6. The number of aliphatic hydroxyl groups is 1. The molecule has 1 aromatic heterocycles. The van der Waals surface area contributed by atoms with Crippen LogP contribution in [0.5, 0.6) is 0 Å². The molecule has 70 valence electrons. The van der Waals surface area contributed by atoms with E-state index in [1.807, 2.05) is 0 Å². The molecule has 0 aromatic carbocycles. The van der Waals surface area contributed by atoms with Crippen molar-refractivity contribution in [3.8, 4) is 0 Å². The standard InChI is InChI=1S/C9H9ClO2S/c10-9-6(3-4-13-9)8(12)7(11)5-1-2-5/h3-5,7,11H,1-2H2. The molecule has 0 spiro atoms. The van der Waals surface area contributed by atoms with Crippen molar-refractivity contribution in [3.63, 3.8) is 0 Å². The first-order valence-corrected chi connectivity index (χ1v) is 5.41. The van der Waals surface area contributed by atoms with Crippen LogP contribution in [0.25, 0.3) is 0 Å². The zero-order valence-corrected chi connectivity index (χ0v) is 8.44. The van der Waals surface area contributed by atoms with E-state index in [0.29, 0.717) is 9.90 Å². The van der Waals surface area contributed by atoms with Gasteiger partial charge in [0.05, 0.1) is 0 Å². The highest BCUT2D eigenvalue weighted by Gasteiger charge is 2.35. The summed E-state index contributed by atoms with van der Waals surface area (Å²) in [6.07, 6.45) is 1.07. The molecule has 1 aliphatic rings. The van der Waals surface area contributed by atoms with Gasteiger partial charge in [0.1, 0.15) is 10.4 Å². The second kappa shape index (κ2) is 3.40. The maximum atomic E-state index is 11.6. The van der Waals surface area contributed by atoms with Crippen LogP contribution in [0.3, 0.4) is 0 Å². The maximum Gasteiger partial charge on any atom is 0.193 e. The summed E-state index contributed by atoms with van der Waals surface area (Å²) >= 11 is 7.11. The minimum Gasteiger partial charge on any atom is -0.385 e. The highest BCUT2D eigenvalue weighted by Crippen LogP contribution is 2.35. The van der Waals surface area contributed by atoms with E-state index < -0.39 is 6.10 Å². The second-order valence-corrected chi connectivity index (χ2v) is 4.77. The minimum atomic E-state index is -0.841. The number of hydrogen-bond acceptors (Lipinski definition) is 3. The number of hydrogen-bond donors (Lipinski definition) is 1. The summed E-state index contributed by atoms with van der Waals surface area (Å²) in [5.74, 6) is -0.0581. The molecule has 0 saturated heterocycles. The molecule has 0 radical (unpaired) electrons. The molecule has 1 fully saturated rings. The lowest BCUT2D eigenvalue weighted by Crippen LogP contribution is -2.22. The summed E-state index contributed by atoms with van der Waals surface area (Å²) in [6, 6.07) is 1.67. The summed E-state index contributed by atoms with van der Waals surface area (Å²) in [6.45, 7) is 0. The predicted molar refractivity (Wildman–Crippen MR) is 52.4 cm³/mol. The van der Waals surface area contributed by atoms with Gasteiger partial charge in [-0.2, -0.15) is 0 Å². The van der Waals surface area contributed by atoms with Crippen LogP contribution < -0.4 is 0 Å². The van der Waals surface area contributed by atoms with Crippen molar-refractivity contribution in [1.82, 2.24) is 0 Å². The topological polar surface area (TPSA) is 37.3 Å². The maximum absolute atomic E-state index is 11.6.